The van der Waals surface area contributed by atoms with Gasteiger partial charge in [-0.3, -0.25) is 9.55 Å². The molecule has 0 saturated heterocycles. The summed E-state index contributed by atoms with van der Waals surface area (Å²) in [6, 6.07) is 3.49. The van der Waals surface area contributed by atoms with Crippen molar-refractivity contribution in [3.63, 3.8) is 0 Å². The number of nitrogens with one attached hydrogen (secondary N) is 1. The summed E-state index contributed by atoms with van der Waals surface area (Å²) in [5.41, 5.74) is 0.448. The number of aromatic nitrogens is 4. The SMILES string of the molecule is Cc1ccnc(C)c1NC(O)c1cc(F)c(-n2nc3n(c2=O)CCCC3)cc1O[C@@H](C)C(F)(F)F. The summed E-state index contributed by atoms with van der Waals surface area (Å²) >= 11 is 0. The van der Waals surface area contributed by atoms with Crippen LogP contribution in [0.2, 0.25) is 0 Å². The molecule has 3 heterocycles. The minimum absolute atomic E-state index is 0.276. The first-order valence-electron chi connectivity index (χ1n) is 11.1. The number of aliphatic hydroxyl groups is 1. The van der Waals surface area contributed by atoms with Crippen molar-refractivity contribution in [2.24, 2.45) is 0 Å². The number of aryl methyl sites for hydroxylation is 3. The monoisotopic (exact) mass is 495 g/mol. The summed E-state index contributed by atoms with van der Waals surface area (Å²) in [6.07, 6.45) is -4.93. The van der Waals surface area contributed by atoms with Crippen molar-refractivity contribution >= 4 is 5.69 Å². The van der Waals surface area contributed by atoms with Gasteiger partial charge in [-0.05, 0) is 51.3 Å². The molecule has 0 amide bonds. The first-order chi connectivity index (χ1) is 16.5. The molecule has 1 unspecified atom stereocenters. The second-order valence-electron chi connectivity index (χ2n) is 8.50. The number of hydrogen-bond acceptors (Lipinski definition) is 6. The second-order valence-corrected chi connectivity index (χ2v) is 8.50. The third-order valence-electron chi connectivity index (χ3n) is 5.97. The van der Waals surface area contributed by atoms with E-state index in [-0.39, 0.29) is 11.3 Å². The van der Waals surface area contributed by atoms with Crippen LogP contribution in [-0.2, 0) is 13.0 Å². The molecule has 188 valence electrons. The number of halogens is 4. The molecule has 2 N–H and O–H groups in total. The minimum Gasteiger partial charge on any atom is -0.481 e. The molecule has 0 radical (unpaired) electrons. The lowest BCUT2D eigenvalue weighted by Gasteiger charge is -2.24. The normalized spacial score (nSPS) is 15.4. The first kappa shape index (κ1) is 24.7. The third-order valence-corrected chi connectivity index (χ3v) is 5.97. The Hall–Kier alpha value is -3.41. The van der Waals surface area contributed by atoms with Gasteiger partial charge in [-0.1, -0.05) is 0 Å². The number of fused-ring (bicyclic) bond motifs is 1. The van der Waals surface area contributed by atoms with Crippen LogP contribution in [0.1, 0.15) is 48.6 Å². The lowest BCUT2D eigenvalue weighted by molar-refractivity contribution is -0.189. The molecule has 0 fully saturated rings. The van der Waals surface area contributed by atoms with Crippen molar-refractivity contribution in [3.8, 4) is 11.4 Å². The van der Waals surface area contributed by atoms with E-state index in [4.69, 9.17) is 4.74 Å². The number of pyridine rings is 1. The topological polar surface area (TPSA) is 94.2 Å². The van der Waals surface area contributed by atoms with Gasteiger partial charge in [0.2, 0.25) is 0 Å². The highest BCUT2D eigenvalue weighted by Gasteiger charge is 2.39. The molecule has 8 nitrogen and oxygen atoms in total. The Bertz CT molecular complexity index is 1280. The maximum absolute atomic E-state index is 15.3. The van der Waals surface area contributed by atoms with Crippen molar-refractivity contribution in [1.82, 2.24) is 19.3 Å². The van der Waals surface area contributed by atoms with E-state index in [1.54, 1.807) is 26.1 Å². The maximum atomic E-state index is 15.3. The Balaban J connectivity index is 1.80. The van der Waals surface area contributed by atoms with Gasteiger partial charge in [-0.15, -0.1) is 5.10 Å². The highest BCUT2D eigenvalue weighted by Crippen LogP contribution is 2.35. The van der Waals surface area contributed by atoms with Gasteiger partial charge in [-0.2, -0.15) is 17.9 Å². The largest absolute Gasteiger partial charge is 0.481 e. The predicted octanol–water partition coefficient (Wildman–Crippen LogP) is 3.95. The van der Waals surface area contributed by atoms with Gasteiger partial charge in [0, 0.05) is 30.8 Å². The molecule has 0 bridgehead atoms. The van der Waals surface area contributed by atoms with Gasteiger partial charge < -0.3 is 15.2 Å². The highest BCUT2D eigenvalue weighted by molar-refractivity contribution is 5.56. The Morgan fingerprint density at radius 3 is 2.63 bits per heavy atom. The van der Waals surface area contributed by atoms with E-state index in [2.05, 4.69) is 15.4 Å². The van der Waals surface area contributed by atoms with Crippen LogP contribution in [0.25, 0.3) is 5.69 Å². The Morgan fingerprint density at radius 2 is 1.97 bits per heavy atom. The summed E-state index contributed by atoms with van der Waals surface area (Å²) in [6.45, 7) is 4.66. The fourth-order valence-electron chi connectivity index (χ4n) is 3.98. The number of hydrogen-bond donors (Lipinski definition) is 2. The Labute approximate surface area is 198 Å². The van der Waals surface area contributed by atoms with E-state index < -0.39 is 35.8 Å². The van der Waals surface area contributed by atoms with Gasteiger partial charge in [-0.25, -0.2) is 9.18 Å². The van der Waals surface area contributed by atoms with Crippen LogP contribution in [0.5, 0.6) is 5.75 Å². The first-order valence-corrected chi connectivity index (χ1v) is 11.1. The molecule has 12 heteroatoms. The number of rotatable bonds is 6. The van der Waals surface area contributed by atoms with Crippen molar-refractivity contribution in [2.45, 2.75) is 65.1 Å². The fourth-order valence-corrected chi connectivity index (χ4v) is 3.98. The van der Waals surface area contributed by atoms with Crippen molar-refractivity contribution in [2.75, 3.05) is 5.32 Å². The molecule has 1 aromatic carbocycles. The van der Waals surface area contributed by atoms with Gasteiger partial charge in [0.1, 0.15) is 23.1 Å². The molecule has 3 aromatic rings. The maximum Gasteiger partial charge on any atom is 0.425 e. The van der Waals surface area contributed by atoms with Crippen LogP contribution in [-0.4, -0.2) is 36.7 Å². The molecule has 1 aliphatic heterocycles. The molecular weight excluding hydrogens is 470 g/mol. The van der Waals surface area contributed by atoms with E-state index in [0.717, 1.165) is 42.1 Å². The highest BCUT2D eigenvalue weighted by atomic mass is 19.4. The van der Waals surface area contributed by atoms with E-state index in [1.165, 1.54) is 4.57 Å². The quantitative estimate of drug-likeness (QED) is 0.397. The predicted molar refractivity (Wildman–Crippen MR) is 119 cm³/mol. The Kier molecular flexibility index (Phi) is 6.58. The van der Waals surface area contributed by atoms with Crippen molar-refractivity contribution < 1.29 is 27.4 Å². The van der Waals surface area contributed by atoms with Crippen LogP contribution >= 0.6 is 0 Å². The second kappa shape index (κ2) is 9.33. The lowest BCUT2D eigenvalue weighted by atomic mass is 10.1. The fraction of sp³-hybridized carbons (Fsp3) is 0.435. The lowest BCUT2D eigenvalue weighted by Crippen LogP contribution is -2.32. The summed E-state index contributed by atoms with van der Waals surface area (Å²) < 4.78 is 62.5. The van der Waals surface area contributed by atoms with Crippen molar-refractivity contribution in [3.05, 3.63) is 63.3 Å². The summed E-state index contributed by atoms with van der Waals surface area (Å²) in [5.74, 6) is -0.923. The molecule has 4 rings (SSSR count). The zero-order valence-electron chi connectivity index (χ0n) is 19.4. The number of anilines is 1. The number of nitrogens with zero attached hydrogens (tertiary/aromatic N) is 4. The number of alkyl halides is 3. The molecule has 2 atom stereocenters. The van der Waals surface area contributed by atoms with E-state index in [0.29, 0.717) is 30.2 Å². The third kappa shape index (κ3) is 4.88. The van der Waals surface area contributed by atoms with Crippen LogP contribution < -0.4 is 15.7 Å². The Morgan fingerprint density at radius 1 is 1.23 bits per heavy atom. The van der Waals surface area contributed by atoms with E-state index in [1.807, 2.05) is 0 Å². The molecule has 0 spiro atoms. The molecule has 35 heavy (non-hydrogen) atoms. The number of benzene rings is 1. The zero-order chi connectivity index (χ0) is 25.5. The standard InChI is InChI=1S/C23H25F4N5O3/c1-12-7-8-28-13(2)20(12)29-21(33)15-10-16(24)17(11-18(15)35-14(3)23(25,26)27)32-22(34)31-9-5-4-6-19(31)30-32/h7-8,10-11,14,21,29,33H,4-6,9H2,1-3H3/t14-,21?/m0/s1. The van der Waals surface area contributed by atoms with Crippen LogP contribution in [0.15, 0.2) is 29.2 Å². The van der Waals surface area contributed by atoms with Crippen LogP contribution in [0.3, 0.4) is 0 Å². The van der Waals surface area contributed by atoms with E-state index in [9.17, 15) is 23.1 Å². The smallest absolute Gasteiger partial charge is 0.425 e. The van der Waals surface area contributed by atoms with E-state index >= 15 is 4.39 Å². The average Bonchev–Trinajstić information content (AvgIpc) is 3.13. The summed E-state index contributed by atoms with van der Waals surface area (Å²) in [4.78, 5) is 16.9. The van der Waals surface area contributed by atoms with Crippen LogP contribution in [0, 0.1) is 19.7 Å². The number of ether oxygens (including phenoxy) is 1. The molecule has 2 aromatic heterocycles. The van der Waals surface area contributed by atoms with Crippen LogP contribution in [0.4, 0.5) is 23.2 Å². The molecule has 0 saturated carbocycles. The minimum atomic E-state index is -4.72. The van der Waals surface area contributed by atoms with Crippen molar-refractivity contribution in [1.29, 1.82) is 0 Å². The van der Waals surface area contributed by atoms with Gasteiger partial charge in [0.05, 0.1) is 11.4 Å². The van der Waals surface area contributed by atoms with Gasteiger partial charge >= 0.3 is 11.9 Å². The molecule has 0 aliphatic carbocycles. The zero-order valence-corrected chi connectivity index (χ0v) is 19.4. The summed E-state index contributed by atoms with van der Waals surface area (Å²) in [7, 11) is 0. The average molecular weight is 495 g/mol. The van der Waals surface area contributed by atoms with Gasteiger partial charge in [0.15, 0.2) is 12.3 Å². The summed E-state index contributed by atoms with van der Waals surface area (Å²) in [5, 5.41) is 17.8. The molecular formula is C23H25F4N5O3. The van der Waals surface area contributed by atoms with Gasteiger partial charge in [0.25, 0.3) is 0 Å². The number of aliphatic hydroxyl groups excluding tert-OH is 1. The molecule has 1 aliphatic rings.